The second-order valence-corrected chi connectivity index (χ2v) is 10.5. The highest BCUT2D eigenvalue weighted by atomic mass is 16.5. The van der Waals surface area contributed by atoms with Crippen molar-refractivity contribution in [2.24, 2.45) is 0 Å². The first-order chi connectivity index (χ1) is 16.9. The van der Waals surface area contributed by atoms with Gasteiger partial charge < -0.3 is 14.2 Å². The Labute approximate surface area is 209 Å². The Morgan fingerprint density at radius 3 is 2.26 bits per heavy atom. The fraction of sp³-hybridized carbons (Fsp3) is 0.419. The predicted molar refractivity (Wildman–Crippen MR) is 141 cm³/mol. The van der Waals surface area contributed by atoms with Gasteiger partial charge in [-0.25, -0.2) is 0 Å². The number of likely N-dealkylation sites (tertiary alicyclic amines) is 1. The number of benzene rings is 3. The van der Waals surface area contributed by atoms with Crippen molar-refractivity contribution in [1.29, 1.82) is 0 Å². The van der Waals surface area contributed by atoms with Crippen molar-refractivity contribution in [2.75, 3.05) is 33.4 Å². The van der Waals surface area contributed by atoms with Gasteiger partial charge in [0, 0.05) is 29.5 Å². The van der Waals surface area contributed by atoms with E-state index < -0.39 is 5.60 Å². The molecular formula is C31H37NO3. The summed E-state index contributed by atoms with van der Waals surface area (Å²) in [5, 5.41) is 0. The van der Waals surface area contributed by atoms with Gasteiger partial charge >= 0.3 is 0 Å². The summed E-state index contributed by atoms with van der Waals surface area (Å²) >= 11 is 0. The summed E-state index contributed by atoms with van der Waals surface area (Å²) in [7, 11) is 1.70. The molecule has 0 aromatic heterocycles. The van der Waals surface area contributed by atoms with Gasteiger partial charge in [-0.1, -0.05) is 55.5 Å². The van der Waals surface area contributed by atoms with Crippen molar-refractivity contribution >= 4 is 0 Å². The lowest BCUT2D eigenvalue weighted by Crippen LogP contribution is -2.51. The summed E-state index contributed by atoms with van der Waals surface area (Å²) < 4.78 is 18.3. The molecule has 0 N–H and O–H groups in total. The maximum absolute atomic E-state index is 6.66. The topological polar surface area (TPSA) is 30.9 Å². The van der Waals surface area contributed by atoms with Crippen molar-refractivity contribution in [3.8, 4) is 17.2 Å². The highest BCUT2D eigenvalue weighted by Crippen LogP contribution is 2.57. The van der Waals surface area contributed by atoms with Crippen LogP contribution in [0.25, 0.3) is 0 Å². The molecule has 3 aromatic rings. The minimum Gasteiger partial charge on any atom is -0.497 e. The van der Waals surface area contributed by atoms with Crippen molar-refractivity contribution in [1.82, 2.24) is 4.90 Å². The molecule has 2 aliphatic heterocycles. The standard InChI is InChI=1S/C31H37NO3/c1-30(2)29(23-10-6-5-7-11-23)31(3,27-17-16-26(33-4)22-28(27)35-30)24-12-14-25(15-13-24)34-21-20-32-18-8-9-19-32/h5-7,10-17,22,29H,8-9,18-21H2,1-4H3. The molecule has 0 bridgehead atoms. The molecule has 3 aromatic carbocycles. The maximum atomic E-state index is 6.66. The third kappa shape index (κ3) is 4.52. The number of rotatable bonds is 7. The zero-order valence-electron chi connectivity index (χ0n) is 21.4. The Balaban J connectivity index is 1.51. The van der Waals surface area contributed by atoms with Gasteiger partial charge in [0.25, 0.3) is 0 Å². The van der Waals surface area contributed by atoms with Crippen molar-refractivity contribution in [2.45, 2.75) is 50.5 Å². The second-order valence-electron chi connectivity index (χ2n) is 10.5. The molecule has 4 heteroatoms. The molecular weight excluding hydrogens is 434 g/mol. The van der Waals surface area contributed by atoms with Gasteiger partial charge in [-0.05, 0) is 69.1 Å². The molecule has 2 aliphatic rings. The molecule has 1 saturated heterocycles. The highest BCUT2D eigenvalue weighted by molar-refractivity contribution is 5.56. The molecule has 2 heterocycles. The van der Waals surface area contributed by atoms with Crippen LogP contribution < -0.4 is 14.2 Å². The molecule has 1 fully saturated rings. The van der Waals surface area contributed by atoms with Gasteiger partial charge in [0.2, 0.25) is 0 Å². The Bertz CT molecular complexity index is 1140. The maximum Gasteiger partial charge on any atom is 0.127 e. The number of fused-ring (bicyclic) bond motifs is 1. The number of methoxy groups -OCH3 is 1. The summed E-state index contributed by atoms with van der Waals surface area (Å²) in [6, 6.07) is 25.7. The Hall–Kier alpha value is -2.98. The number of hydrogen-bond acceptors (Lipinski definition) is 4. The van der Waals surface area contributed by atoms with Gasteiger partial charge in [0.15, 0.2) is 0 Å². The lowest BCUT2D eigenvalue weighted by atomic mass is 9.58. The molecule has 0 aliphatic carbocycles. The summed E-state index contributed by atoms with van der Waals surface area (Å²) in [5.74, 6) is 2.73. The fourth-order valence-electron chi connectivity index (χ4n) is 6.23. The average Bonchev–Trinajstić information content (AvgIpc) is 3.38. The van der Waals surface area contributed by atoms with Crippen molar-refractivity contribution in [3.05, 3.63) is 89.5 Å². The summed E-state index contributed by atoms with van der Waals surface area (Å²) in [5.41, 5.74) is 2.96. The molecule has 0 spiro atoms. The zero-order chi connectivity index (χ0) is 24.5. The monoisotopic (exact) mass is 471 g/mol. The number of nitrogens with zero attached hydrogens (tertiary/aromatic N) is 1. The first-order valence-corrected chi connectivity index (χ1v) is 12.8. The molecule has 0 radical (unpaired) electrons. The van der Waals surface area contributed by atoms with E-state index >= 15 is 0 Å². The smallest absolute Gasteiger partial charge is 0.127 e. The van der Waals surface area contributed by atoms with Crippen LogP contribution in [-0.2, 0) is 5.41 Å². The van der Waals surface area contributed by atoms with Gasteiger partial charge in [-0.2, -0.15) is 0 Å². The quantitative estimate of drug-likeness (QED) is 0.397. The molecule has 4 nitrogen and oxygen atoms in total. The van der Waals surface area contributed by atoms with Crippen LogP contribution in [0.3, 0.4) is 0 Å². The molecule has 2 unspecified atom stereocenters. The van der Waals surface area contributed by atoms with Crippen LogP contribution in [0, 0.1) is 0 Å². The van der Waals surface area contributed by atoms with Crippen molar-refractivity contribution in [3.63, 3.8) is 0 Å². The van der Waals surface area contributed by atoms with Gasteiger partial charge in [-0.15, -0.1) is 0 Å². The van der Waals surface area contributed by atoms with Gasteiger partial charge in [-0.3, -0.25) is 4.90 Å². The first-order valence-electron chi connectivity index (χ1n) is 12.8. The molecule has 0 amide bonds. The number of ether oxygens (including phenoxy) is 3. The minimum atomic E-state index is -0.430. The van der Waals surface area contributed by atoms with E-state index in [2.05, 4.69) is 86.3 Å². The largest absolute Gasteiger partial charge is 0.497 e. The van der Waals surface area contributed by atoms with Crippen LogP contribution in [0.2, 0.25) is 0 Å². The Morgan fingerprint density at radius 1 is 0.886 bits per heavy atom. The molecule has 184 valence electrons. The fourth-order valence-corrected chi connectivity index (χ4v) is 6.23. The summed E-state index contributed by atoms with van der Waals surface area (Å²) in [6.07, 6.45) is 2.62. The van der Waals surface area contributed by atoms with Gasteiger partial charge in [0.05, 0.1) is 7.11 Å². The van der Waals surface area contributed by atoms with Gasteiger partial charge in [0.1, 0.15) is 29.5 Å². The molecule has 2 atom stereocenters. The predicted octanol–water partition coefficient (Wildman–Crippen LogP) is 6.43. The minimum absolute atomic E-state index is 0.110. The summed E-state index contributed by atoms with van der Waals surface area (Å²) in [6.45, 7) is 10.9. The van der Waals surface area contributed by atoms with Crippen LogP contribution >= 0.6 is 0 Å². The van der Waals surface area contributed by atoms with E-state index in [1.807, 2.05) is 12.1 Å². The van der Waals surface area contributed by atoms with Crippen molar-refractivity contribution < 1.29 is 14.2 Å². The first kappa shape index (κ1) is 23.7. The third-order valence-corrected chi connectivity index (χ3v) is 7.86. The molecule has 0 saturated carbocycles. The molecule has 5 rings (SSSR count). The normalized spacial score (nSPS) is 23.4. The van der Waals surface area contributed by atoms with E-state index in [1.54, 1.807) is 7.11 Å². The van der Waals surface area contributed by atoms with E-state index in [0.29, 0.717) is 0 Å². The number of hydrogen-bond donors (Lipinski definition) is 0. The average molecular weight is 472 g/mol. The zero-order valence-corrected chi connectivity index (χ0v) is 21.4. The van der Waals surface area contributed by atoms with Crippen LogP contribution in [0.4, 0.5) is 0 Å². The van der Waals surface area contributed by atoms with E-state index in [9.17, 15) is 0 Å². The van der Waals surface area contributed by atoms with Crippen LogP contribution in [0.1, 0.15) is 56.2 Å². The van der Waals surface area contributed by atoms with E-state index in [-0.39, 0.29) is 11.3 Å². The van der Waals surface area contributed by atoms with Crippen LogP contribution in [0.15, 0.2) is 72.8 Å². The Morgan fingerprint density at radius 2 is 1.57 bits per heavy atom. The van der Waals surface area contributed by atoms with Crippen LogP contribution in [-0.4, -0.2) is 43.9 Å². The molecule has 35 heavy (non-hydrogen) atoms. The third-order valence-electron chi connectivity index (χ3n) is 7.86. The lowest BCUT2D eigenvalue weighted by molar-refractivity contribution is 0.0311. The summed E-state index contributed by atoms with van der Waals surface area (Å²) in [4.78, 5) is 2.48. The van der Waals surface area contributed by atoms with E-state index in [0.717, 1.165) is 30.4 Å². The second kappa shape index (κ2) is 9.58. The SMILES string of the molecule is COc1ccc2c(c1)OC(C)(C)C(c1ccccc1)C2(C)c1ccc(OCCN2CCCC2)cc1. The lowest BCUT2D eigenvalue weighted by Gasteiger charge is -2.52. The van der Waals surface area contributed by atoms with E-state index in [4.69, 9.17) is 14.2 Å². The Kier molecular flexibility index (Phi) is 6.50. The van der Waals surface area contributed by atoms with Crippen LogP contribution in [0.5, 0.6) is 17.2 Å². The highest BCUT2D eigenvalue weighted by Gasteiger charge is 2.52. The van der Waals surface area contributed by atoms with E-state index in [1.165, 1.54) is 42.6 Å².